The molecule has 8 heteroatoms. The van der Waals surface area contributed by atoms with E-state index in [-0.39, 0.29) is 16.6 Å². The van der Waals surface area contributed by atoms with Crippen molar-refractivity contribution in [3.05, 3.63) is 32.5 Å². The number of nitrogens with one attached hydrogen (secondary N) is 1. The Morgan fingerprint density at radius 1 is 1.60 bits per heavy atom. The van der Waals surface area contributed by atoms with Crippen LogP contribution in [0, 0.1) is 15.9 Å². The molecule has 0 aromatic heterocycles. The van der Waals surface area contributed by atoms with E-state index in [1.54, 1.807) is 6.92 Å². The third-order valence-electron chi connectivity index (χ3n) is 2.87. The van der Waals surface area contributed by atoms with Crippen LogP contribution in [-0.2, 0) is 4.79 Å². The molecule has 1 atom stereocenters. The number of nitro benzene ring substituents is 1. The molecule has 0 spiro atoms. The van der Waals surface area contributed by atoms with Gasteiger partial charge < -0.3 is 10.4 Å². The normalized spacial score (nSPS) is 13.6. The van der Waals surface area contributed by atoms with Crippen molar-refractivity contribution in [2.45, 2.75) is 32.2 Å². The lowest BCUT2D eigenvalue weighted by Gasteiger charge is -2.26. The fraction of sp³-hybridized carbons (Fsp3) is 0.417. The van der Waals surface area contributed by atoms with Crippen LogP contribution in [0.5, 0.6) is 0 Å². The number of anilines is 1. The van der Waals surface area contributed by atoms with Crippen molar-refractivity contribution in [2.24, 2.45) is 0 Å². The molecule has 0 aliphatic heterocycles. The van der Waals surface area contributed by atoms with Crippen molar-refractivity contribution >= 4 is 33.3 Å². The van der Waals surface area contributed by atoms with Gasteiger partial charge in [0.05, 0.1) is 15.5 Å². The second kappa shape index (κ2) is 6.17. The minimum Gasteiger partial charge on any atom is -0.480 e. The van der Waals surface area contributed by atoms with E-state index in [0.29, 0.717) is 6.42 Å². The SMILES string of the molecule is CCCC(C)(Nc1cc(Br)c(F)cc1[N+](=O)[O-])C(=O)O. The van der Waals surface area contributed by atoms with E-state index in [9.17, 15) is 24.4 Å². The number of rotatable bonds is 6. The van der Waals surface area contributed by atoms with Crippen LogP contribution in [0.3, 0.4) is 0 Å². The first-order valence-electron chi connectivity index (χ1n) is 5.86. The Labute approximate surface area is 123 Å². The molecule has 20 heavy (non-hydrogen) atoms. The van der Waals surface area contributed by atoms with Crippen LogP contribution < -0.4 is 5.32 Å². The first-order chi connectivity index (χ1) is 9.21. The van der Waals surface area contributed by atoms with Crippen molar-refractivity contribution in [1.82, 2.24) is 0 Å². The number of carboxylic acids is 1. The first kappa shape index (κ1) is 16.4. The van der Waals surface area contributed by atoms with Gasteiger partial charge in [0.2, 0.25) is 0 Å². The third kappa shape index (κ3) is 3.44. The van der Waals surface area contributed by atoms with Crippen molar-refractivity contribution in [3.8, 4) is 0 Å². The molecular formula is C12H14BrFN2O4. The number of carbonyl (C=O) groups is 1. The molecule has 110 valence electrons. The lowest BCUT2D eigenvalue weighted by molar-refractivity contribution is -0.384. The van der Waals surface area contributed by atoms with Gasteiger partial charge >= 0.3 is 5.97 Å². The van der Waals surface area contributed by atoms with Gasteiger partial charge in [0.15, 0.2) is 0 Å². The Bertz CT molecular complexity index is 553. The maximum atomic E-state index is 13.4. The topological polar surface area (TPSA) is 92.5 Å². The van der Waals surface area contributed by atoms with Gasteiger partial charge in [0, 0.05) is 0 Å². The summed E-state index contributed by atoms with van der Waals surface area (Å²) in [5.74, 6) is -1.91. The van der Waals surface area contributed by atoms with Crippen molar-refractivity contribution in [3.63, 3.8) is 0 Å². The average Bonchev–Trinajstić information content (AvgIpc) is 2.33. The van der Waals surface area contributed by atoms with E-state index in [2.05, 4.69) is 21.2 Å². The Hall–Kier alpha value is -1.70. The summed E-state index contributed by atoms with van der Waals surface area (Å²) in [7, 11) is 0. The largest absolute Gasteiger partial charge is 0.480 e. The maximum Gasteiger partial charge on any atom is 0.329 e. The first-order valence-corrected chi connectivity index (χ1v) is 6.65. The molecule has 0 saturated carbocycles. The van der Waals surface area contributed by atoms with E-state index in [4.69, 9.17) is 0 Å². The van der Waals surface area contributed by atoms with Gasteiger partial charge in [-0.2, -0.15) is 0 Å². The number of nitro groups is 1. The van der Waals surface area contributed by atoms with Crippen LogP contribution in [0.15, 0.2) is 16.6 Å². The highest BCUT2D eigenvalue weighted by Crippen LogP contribution is 2.33. The molecule has 2 N–H and O–H groups in total. The van der Waals surface area contributed by atoms with Crippen LogP contribution in [0.25, 0.3) is 0 Å². The Morgan fingerprint density at radius 2 is 2.20 bits per heavy atom. The summed E-state index contributed by atoms with van der Waals surface area (Å²) in [6, 6.07) is 1.92. The number of benzene rings is 1. The minimum absolute atomic E-state index is 0.0230. The third-order valence-corrected chi connectivity index (χ3v) is 3.48. The fourth-order valence-electron chi connectivity index (χ4n) is 1.81. The quantitative estimate of drug-likeness (QED) is 0.605. The predicted octanol–water partition coefficient (Wildman–Crippen LogP) is 3.55. The molecule has 0 heterocycles. The molecule has 1 aromatic rings. The summed E-state index contributed by atoms with van der Waals surface area (Å²) in [6.07, 6.45) is 0.848. The maximum absolute atomic E-state index is 13.4. The van der Waals surface area contributed by atoms with Gasteiger partial charge in [-0.1, -0.05) is 13.3 Å². The Balaban J connectivity index is 3.28. The van der Waals surface area contributed by atoms with Crippen LogP contribution >= 0.6 is 15.9 Å². The molecule has 0 saturated heterocycles. The van der Waals surface area contributed by atoms with Gasteiger partial charge in [-0.15, -0.1) is 0 Å². The summed E-state index contributed by atoms with van der Waals surface area (Å²) in [4.78, 5) is 21.5. The number of aliphatic carboxylic acids is 1. The zero-order chi connectivity index (χ0) is 15.5. The molecular weight excluding hydrogens is 335 g/mol. The number of hydrogen-bond donors (Lipinski definition) is 2. The van der Waals surface area contributed by atoms with Crippen LogP contribution in [-0.4, -0.2) is 21.5 Å². The van der Waals surface area contributed by atoms with Gasteiger partial charge in [0.1, 0.15) is 17.0 Å². The Morgan fingerprint density at radius 3 is 2.65 bits per heavy atom. The number of hydrogen-bond acceptors (Lipinski definition) is 4. The van der Waals surface area contributed by atoms with Gasteiger partial charge in [-0.05, 0) is 35.3 Å². The predicted molar refractivity (Wildman–Crippen MR) is 75.3 cm³/mol. The fourth-order valence-corrected chi connectivity index (χ4v) is 2.15. The molecule has 0 amide bonds. The molecule has 6 nitrogen and oxygen atoms in total. The summed E-state index contributed by atoms with van der Waals surface area (Å²) < 4.78 is 13.4. The molecule has 0 fully saturated rings. The zero-order valence-electron chi connectivity index (χ0n) is 10.9. The average molecular weight is 349 g/mol. The summed E-state index contributed by atoms with van der Waals surface area (Å²) in [6.45, 7) is 3.23. The zero-order valence-corrected chi connectivity index (χ0v) is 12.5. The monoisotopic (exact) mass is 348 g/mol. The second-order valence-corrected chi connectivity index (χ2v) is 5.41. The highest BCUT2D eigenvalue weighted by molar-refractivity contribution is 9.10. The Kier molecular flexibility index (Phi) is 5.04. The smallest absolute Gasteiger partial charge is 0.329 e. The lowest BCUT2D eigenvalue weighted by Crippen LogP contribution is -2.43. The molecule has 0 aliphatic carbocycles. The number of nitrogens with zero attached hydrogens (tertiary/aromatic N) is 1. The standard InChI is InChI=1S/C12H14BrFN2O4/c1-3-4-12(2,11(17)18)15-9-5-7(13)8(14)6-10(9)16(19)20/h5-6,15H,3-4H2,1-2H3,(H,17,18). The van der Waals surface area contributed by atoms with Crippen molar-refractivity contribution in [1.29, 1.82) is 0 Å². The van der Waals surface area contributed by atoms with E-state index >= 15 is 0 Å². The van der Waals surface area contributed by atoms with E-state index < -0.39 is 27.9 Å². The van der Waals surface area contributed by atoms with E-state index in [1.807, 2.05) is 0 Å². The summed E-state index contributed by atoms with van der Waals surface area (Å²) in [5.41, 5.74) is -1.91. The molecule has 1 unspecified atom stereocenters. The number of carboxylic acid groups (broad SMARTS) is 1. The molecule has 0 radical (unpaired) electrons. The van der Waals surface area contributed by atoms with Crippen molar-refractivity contribution < 1.29 is 19.2 Å². The lowest BCUT2D eigenvalue weighted by atomic mass is 9.95. The molecule has 0 bridgehead atoms. The molecule has 1 rings (SSSR count). The van der Waals surface area contributed by atoms with E-state index in [0.717, 1.165) is 6.07 Å². The molecule has 1 aromatic carbocycles. The second-order valence-electron chi connectivity index (χ2n) is 4.55. The number of halogens is 2. The molecule has 0 aliphatic rings. The van der Waals surface area contributed by atoms with Gasteiger partial charge in [-0.3, -0.25) is 10.1 Å². The highest BCUT2D eigenvalue weighted by atomic mass is 79.9. The van der Waals surface area contributed by atoms with Crippen molar-refractivity contribution in [2.75, 3.05) is 5.32 Å². The summed E-state index contributed by atoms with van der Waals surface area (Å²) in [5, 5.41) is 22.8. The highest BCUT2D eigenvalue weighted by Gasteiger charge is 2.34. The van der Waals surface area contributed by atoms with Crippen LogP contribution in [0.2, 0.25) is 0 Å². The minimum atomic E-state index is -1.36. The van der Waals surface area contributed by atoms with Gasteiger partial charge in [0.25, 0.3) is 5.69 Å². The van der Waals surface area contributed by atoms with Gasteiger partial charge in [-0.25, -0.2) is 9.18 Å². The van der Waals surface area contributed by atoms with E-state index in [1.165, 1.54) is 13.0 Å². The van der Waals surface area contributed by atoms with Crippen LogP contribution in [0.1, 0.15) is 26.7 Å². The van der Waals surface area contributed by atoms with Crippen LogP contribution in [0.4, 0.5) is 15.8 Å². The summed E-state index contributed by atoms with van der Waals surface area (Å²) >= 11 is 2.93.